The van der Waals surface area contributed by atoms with Crippen LogP contribution >= 0.6 is 0 Å². The minimum atomic E-state index is -0.686. The second-order valence-corrected chi connectivity index (χ2v) is 4.82. The number of aromatic nitrogens is 1. The molecule has 2 N–H and O–H groups in total. The number of rotatable bonds is 4. The maximum atomic E-state index is 10.5. The zero-order valence-electron chi connectivity index (χ0n) is 9.52. The lowest BCUT2D eigenvalue weighted by Crippen LogP contribution is -1.95. The summed E-state index contributed by atoms with van der Waals surface area (Å²) in [6, 6.07) is 8.28. The SMILES string of the molecule is O=C(O)CCC1CC1c1c[nH]c2ccccc12. The van der Waals surface area contributed by atoms with E-state index >= 15 is 0 Å². The Hall–Kier alpha value is -1.77. The second-order valence-electron chi connectivity index (χ2n) is 4.82. The summed E-state index contributed by atoms with van der Waals surface area (Å²) in [6.45, 7) is 0. The Morgan fingerprint density at radius 1 is 1.41 bits per heavy atom. The monoisotopic (exact) mass is 229 g/mol. The first kappa shape index (κ1) is 10.4. The van der Waals surface area contributed by atoms with Crippen molar-refractivity contribution in [2.75, 3.05) is 0 Å². The van der Waals surface area contributed by atoms with Crippen molar-refractivity contribution in [1.82, 2.24) is 4.98 Å². The highest BCUT2D eigenvalue weighted by Crippen LogP contribution is 2.51. The van der Waals surface area contributed by atoms with Gasteiger partial charge in [-0.3, -0.25) is 4.79 Å². The van der Waals surface area contributed by atoms with Crippen molar-refractivity contribution in [3.8, 4) is 0 Å². The molecule has 2 aromatic rings. The molecule has 0 spiro atoms. The number of hydrogen-bond donors (Lipinski definition) is 2. The van der Waals surface area contributed by atoms with Gasteiger partial charge in [0.15, 0.2) is 0 Å². The molecule has 0 saturated heterocycles. The summed E-state index contributed by atoms with van der Waals surface area (Å²) < 4.78 is 0. The van der Waals surface area contributed by atoms with E-state index in [1.807, 2.05) is 12.1 Å². The normalized spacial score (nSPS) is 22.8. The van der Waals surface area contributed by atoms with E-state index in [9.17, 15) is 4.79 Å². The molecule has 1 aliphatic carbocycles. The molecule has 2 unspecified atom stereocenters. The predicted molar refractivity (Wildman–Crippen MR) is 66.0 cm³/mol. The van der Waals surface area contributed by atoms with Crippen LogP contribution in [0, 0.1) is 5.92 Å². The number of carbonyl (C=O) groups is 1. The summed E-state index contributed by atoms with van der Waals surface area (Å²) >= 11 is 0. The van der Waals surface area contributed by atoms with Crippen LogP contribution in [0.3, 0.4) is 0 Å². The average molecular weight is 229 g/mol. The largest absolute Gasteiger partial charge is 0.481 e. The summed E-state index contributed by atoms with van der Waals surface area (Å²) in [5.41, 5.74) is 2.53. The fourth-order valence-corrected chi connectivity index (χ4v) is 2.66. The Morgan fingerprint density at radius 2 is 2.24 bits per heavy atom. The lowest BCUT2D eigenvalue weighted by molar-refractivity contribution is -0.137. The number of nitrogens with one attached hydrogen (secondary N) is 1. The lowest BCUT2D eigenvalue weighted by atomic mass is 10.1. The van der Waals surface area contributed by atoms with E-state index in [1.54, 1.807) is 0 Å². The van der Waals surface area contributed by atoms with Gasteiger partial charge in [-0.15, -0.1) is 0 Å². The third-order valence-electron chi connectivity index (χ3n) is 3.67. The predicted octanol–water partition coefficient (Wildman–Crippen LogP) is 3.14. The molecule has 0 bridgehead atoms. The van der Waals surface area contributed by atoms with Gasteiger partial charge in [-0.25, -0.2) is 0 Å². The van der Waals surface area contributed by atoms with Crippen molar-refractivity contribution >= 4 is 16.9 Å². The Balaban J connectivity index is 1.76. The number of benzene rings is 1. The van der Waals surface area contributed by atoms with Crippen molar-refractivity contribution in [3.05, 3.63) is 36.0 Å². The molecule has 3 heteroatoms. The first-order valence-electron chi connectivity index (χ1n) is 6.03. The number of carboxylic acid groups (broad SMARTS) is 1. The third kappa shape index (κ3) is 1.93. The Bertz CT molecular complexity index is 558. The number of aromatic amines is 1. The lowest BCUT2D eigenvalue weighted by Gasteiger charge is -1.97. The number of H-pyrrole nitrogens is 1. The van der Waals surface area contributed by atoms with Gasteiger partial charge in [-0.2, -0.15) is 0 Å². The number of carboxylic acids is 1. The van der Waals surface area contributed by atoms with Gasteiger partial charge in [-0.05, 0) is 36.3 Å². The molecule has 3 nitrogen and oxygen atoms in total. The molecule has 17 heavy (non-hydrogen) atoms. The van der Waals surface area contributed by atoms with Gasteiger partial charge in [0.25, 0.3) is 0 Å². The highest BCUT2D eigenvalue weighted by Gasteiger charge is 2.39. The minimum absolute atomic E-state index is 0.295. The number of para-hydroxylation sites is 1. The van der Waals surface area contributed by atoms with Crippen molar-refractivity contribution in [3.63, 3.8) is 0 Å². The Kier molecular flexibility index (Phi) is 2.39. The van der Waals surface area contributed by atoms with Crippen LogP contribution in [0.25, 0.3) is 10.9 Å². The molecule has 1 saturated carbocycles. The molecule has 1 fully saturated rings. The van der Waals surface area contributed by atoms with E-state index < -0.39 is 5.97 Å². The summed E-state index contributed by atoms with van der Waals surface area (Å²) in [7, 11) is 0. The van der Waals surface area contributed by atoms with Gasteiger partial charge < -0.3 is 10.1 Å². The number of hydrogen-bond acceptors (Lipinski definition) is 1. The first-order valence-corrected chi connectivity index (χ1v) is 6.03. The van der Waals surface area contributed by atoms with Gasteiger partial charge in [0, 0.05) is 23.5 Å². The Labute approximate surface area is 99.5 Å². The van der Waals surface area contributed by atoms with E-state index in [0.29, 0.717) is 18.3 Å². The fourth-order valence-electron chi connectivity index (χ4n) is 2.66. The highest BCUT2D eigenvalue weighted by atomic mass is 16.4. The zero-order chi connectivity index (χ0) is 11.8. The quantitative estimate of drug-likeness (QED) is 0.846. The van der Waals surface area contributed by atoms with Crippen molar-refractivity contribution < 1.29 is 9.90 Å². The van der Waals surface area contributed by atoms with Crippen LogP contribution in [0.4, 0.5) is 0 Å². The topological polar surface area (TPSA) is 53.1 Å². The molecule has 0 amide bonds. The van der Waals surface area contributed by atoms with Crippen LogP contribution in [-0.2, 0) is 4.79 Å². The first-order chi connectivity index (χ1) is 8.25. The van der Waals surface area contributed by atoms with Gasteiger partial charge in [0.1, 0.15) is 0 Å². The third-order valence-corrected chi connectivity index (χ3v) is 3.67. The van der Waals surface area contributed by atoms with Gasteiger partial charge in [0.05, 0.1) is 0 Å². The van der Waals surface area contributed by atoms with E-state index in [2.05, 4.69) is 23.3 Å². The van der Waals surface area contributed by atoms with Crippen molar-refractivity contribution in [2.24, 2.45) is 5.92 Å². The standard InChI is InChI=1S/C14H15NO2/c16-14(17)6-5-9-7-11(9)12-8-15-13-4-2-1-3-10(12)13/h1-4,8-9,11,15H,5-7H2,(H,16,17). The summed E-state index contributed by atoms with van der Waals surface area (Å²) in [5, 5.41) is 9.96. The Morgan fingerprint density at radius 3 is 3.06 bits per heavy atom. The number of aliphatic carboxylic acids is 1. The molecule has 1 heterocycles. The number of fused-ring (bicyclic) bond motifs is 1. The fraction of sp³-hybridized carbons (Fsp3) is 0.357. The van der Waals surface area contributed by atoms with Crippen molar-refractivity contribution in [2.45, 2.75) is 25.2 Å². The summed E-state index contributed by atoms with van der Waals surface area (Å²) in [5.74, 6) is 0.436. The van der Waals surface area contributed by atoms with Crippen LogP contribution in [0.5, 0.6) is 0 Å². The van der Waals surface area contributed by atoms with Crippen LogP contribution < -0.4 is 0 Å². The molecular weight excluding hydrogens is 214 g/mol. The van der Waals surface area contributed by atoms with Crippen LogP contribution in [0.1, 0.15) is 30.7 Å². The van der Waals surface area contributed by atoms with Gasteiger partial charge in [-0.1, -0.05) is 18.2 Å². The molecular formula is C14H15NO2. The van der Waals surface area contributed by atoms with Gasteiger partial charge >= 0.3 is 5.97 Å². The molecule has 0 aliphatic heterocycles. The van der Waals surface area contributed by atoms with E-state index in [1.165, 1.54) is 16.5 Å². The van der Waals surface area contributed by atoms with E-state index in [0.717, 1.165) is 12.8 Å². The van der Waals surface area contributed by atoms with Gasteiger partial charge in [0.2, 0.25) is 0 Å². The van der Waals surface area contributed by atoms with E-state index in [4.69, 9.17) is 5.11 Å². The van der Waals surface area contributed by atoms with Crippen LogP contribution in [-0.4, -0.2) is 16.1 Å². The smallest absolute Gasteiger partial charge is 0.303 e. The average Bonchev–Trinajstić information content (AvgIpc) is 2.97. The summed E-state index contributed by atoms with van der Waals surface area (Å²) in [6.07, 6.45) is 4.31. The molecule has 1 aliphatic rings. The zero-order valence-corrected chi connectivity index (χ0v) is 9.52. The minimum Gasteiger partial charge on any atom is -0.481 e. The molecule has 1 aromatic heterocycles. The maximum Gasteiger partial charge on any atom is 0.303 e. The molecule has 3 rings (SSSR count). The van der Waals surface area contributed by atoms with Crippen LogP contribution in [0.15, 0.2) is 30.5 Å². The molecule has 0 radical (unpaired) electrons. The molecule has 88 valence electrons. The molecule has 1 aromatic carbocycles. The maximum absolute atomic E-state index is 10.5. The van der Waals surface area contributed by atoms with E-state index in [-0.39, 0.29) is 0 Å². The summed E-state index contributed by atoms with van der Waals surface area (Å²) in [4.78, 5) is 13.8. The highest BCUT2D eigenvalue weighted by molar-refractivity contribution is 5.84. The van der Waals surface area contributed by atoms with Crippen LogP contribution in [0.2, 0.25) is 0 Å². The molecule has 2 atom stereocenters. The second kappa shape index (κ2) is 3.91. The van der Waals surface area contributed by atoms with Crippen molar-refractivity contribution in [1.29, 1.82) is 0 Å².